The van der Waals surface area contributed by atoms with Gasteiger partial charge in [-0.3, -0.25) is 0 Å². The third kappa shape index (κ3) is 1.29. The first-order chi connectivity index (χ1) is 4.11. The summed E-state index contributed by atoms with van der Waals surface area (Å²) in [5.74, 6) is 0.711. The zero-order valence-electron chi connectivity index (χ0n) is 5.59. The quantitative estimate of drug-likeness (QED) is 0.607. The molecular formula is C6H10N2O. The first-order valence-corrected chi connectivity index (χ1v) is 2.81. The van der Waals surface area contributed by atoms with E-state index in [2.05, 4.69) is 5.16 Å². The lowest BCUT2D eigenvalue weighted by Gasteiger charge is -2.12. The number of nitrogens with zero attached hydrogens (tertiary/aromatic N) is 1. The monoisotopic (exact) mass is 126 g/mol. The highest BCUT2D eigenvalue weighted by Crippen LogP contribution is 2.14. The van der Waals surface area contributed by atoms with Crippen molar-refractivity contribution in [1.82, 2.24) is 5.16 Å². The smallest absolute Gasteiger partial charge is 0.155 e. The second-order valence-corrected chi connectivity index (χ2v) is 2.60. The average Bonchev–Trinajstić information content (AvgIpc) is 2.08. The zero-order valence-corrected chi connectivity index (χ0v) is 5.59. The third-order valence-electron chi connectivity index (χ3n) is 1.07. The van der Waals surface area contributed by atoms with Gasteiger partial charge in [-0.05, 0) is 13.8 Å². The Morgan fingerprint density at radius 1 is 1.67 bits per heavy atom. The molecule has 1 aromatic rings. The molecule has 0 spiro atoms. The van der Waals surface area contributed by atoms with E-state index in [9.17, 15) is 0 Å². The second-order valence-electron chi connectivity index (χ2n) is 2.60. The minimum absolute atomic E-state index is 0.406. The largest absolute Gasteiger partial charge is 0.359 e. The number of aromatic nitrogens is 1. The van der Waals surface area contributed by atoms with E-state index >= 15 is 0 Å². The Hall–Kier alpha value is -0.830. The van der Waals surface area contributed by atoms with Crippen molar-refractivity contribution in [3.8, 4) is 0 Å². The van der Waals surface area contributed by atoms with Crippen LogP contribution in [0.25, 0.3) is 0 Å². The number of hydrogen-bond acceptors (Lipinski definition) is 3. The van der Waals surface area contributed by atoms with Gasteiger partial charge in [0.15, 0.2) is 5.76 Å². The molecule has 3 heteroatoms. The molecule has 0 unspecified atom stereocenters. The van der Waals surface area contributed by atoms with E-state index in [0.29, 0.717) is 5.76 Å². The molecule has 0 amide bonds. The predicted octanol–water partition coefficient (Wildman–Crippen LogP) is 0.868. The first kappa shape index (κ1) is 6.29. The van der Waals surface area contributed by atoms with Gasteiger partial charge < -0.3 is 10.3 Å². The lowest BCUT2D eigenvalue weighted by molar-refractivity contribution is 0.321. The standard InChI is InChI=1S/C6H10N2O/c1-6(2,7)5-3-4-8-9-5/h3-4H,7H2,1-2H3. The number of hydrogen-bond donors (Lipinski definition) is 1. The Morgan fingerprint density at radius 2 is 2.33 bits per heavy atom. The molecular weight excluding hydrogens is 116 g/mol. The molecule has 9 heavy (non-hydrogen) atoms. The van der Waals surface area contributed by atoms with Crippen LogP contribution in [0.1, 0.15) is 19.6 Å². The van der Waals surface area contributed by atoms with Crippen molar-refractivity contribution in [3.63, 3.8) is 0 Å². The van der Waals surface area contributed by atoms with Crippen LogP contribution < -0.4 is 5.73 Å². The molecule has 1 rings (SSSR count). The van der Waals surface area contributed by atoms with Crippen molar-refractivity contribution >= 4 is 0 Å². The summed E-state index contributed by atoms with van der Waals surface area (Å²) in [5, 5.41) is 3.53. The van der Waals surface area contributed by atoms with Gasteiger partial charge >= 0.3 is 0 Å². The highest BCUT2D eigenvalue weighted by atomic mass is 16.5. The molecule has 0 aromatic carbocycles. The van der Waals surface area contributed by atoms with Gasteiger partial charge in [-0.1, -0.05) is 5.16 Å². The van der Waals surface area contributed by atoms with E-state index in [0.717, 1.165) is 0 Å². The van der Waals surface area contributed by atoms with Crippen LogP contribution in [0.15, 0.2) is 16.8 Å². The van der Waals surface area contributed by atoms with E-state index in [4.69, 9.17) is 10.3 Å². The lowest BCUT2D eigenvalue weighted by atomic mass is 10.0. The van der Waals surface area contributed by atoms with Gasteiger partial charge in [-0.25, -0.2) is 0 Å². The summed E-state index contributed by atoms with van der Waals surface area (Å²) in [6, 6.07) is 1.76. The average molecular weight is 126 g/mol. The summed E-state index contributed by atoms with van der Waals surface area (Å²) in [4.78, 5) is 0. The van der Waals surface area contributed by atoms with Crippen LogP contribution in [0.5, 0.6) is 0 Å². The van der Waals surface area contributed by atoms with E-state index < -0.39 is 5.54 Å². The fourth-order valence-electron chi connectivity index (χ4n) is 0.548. The van der Waals surface area contributed by atoms with Gasteiger partial charge in [-0.2, -0.15) is 0 Å². The fraction of sp³-hybridized carbons (Fsp3) is 0.500. The highest BCUT2D eigenvalue weighted by molar-refractivity contribution is 5.04. The minimum Gasteiger partial charge on any atom is -0.359 e. The van der Waals surface area contributed by atoms with Crippen LogP contribution >= 0.6 is 0 Å². The van der Waals surface area contributed by atoms with Crippen molar-refractivity contribution < 1.29 is 4.52 Å². The summed E-state index contributed by atoms with van der Waals surface area (Å²) in [6.07, 6.45) is 1.59. The summed E-state index contributed by atoms with van der Waals surface area (Å²) in [7, 11) is 0. The van der Waals surface area contributed by atoms with Crippen LogP contribution in [0.4, 0.5) is 0 Å². The molecule has 0 atom stereocenters. The Bertz CT molecular complexity index is 173. The Kier molecular flexibility index (Phi) is 1.29. The molecule has 0 radical (unpaired) electrons. The van der Waals surface area contributed by atoms with Gasteiger partial charge in [0.05, 0.1) is 11.7 Å². The van der Waals surface area contributed by atoms with Crippen molar-refractivity contribution in [2.75, 3.05) is 0 Å². The Labute approximate surface area is 53.8 Å². The molecule has 0 fully saturated rings. The third-order valence-corrected chi connectivity index (χ3v) is 1.07. The van der Waals surface area contributed by atoms with E-state index in [1.54, 1.807) is 12.3 Å². The van der Waals surface area contributed by atoms with Crippen LogP contribution in [0.2, 0.25) is 0 Å². The predicted molar refractivity (Wildman–Crippen MR) is 33.7 cm³/mol. The summed E-state index contributed by atoms with van der Waals surface area (Å²) < 4.78 is 4.82. The van der Waals surface area contributed by atoms with Gasteiger partial charge in [0, 0.05) is 6.07 Å². The van der Waals surface area contributed by atoms with Gasteiger partial charge in [0.25, 0.3) is 0 Å². The molecule has 0 aliphatic rings. The maximum Gasteiger partial charge on any atom is 0.155 e. The molecule has 0 saturated carbocycles. The topological polar surface area (TPSA) is 52.0 Å². The van der Waals surface area contributed by atoms with Crippen molar-refractivity contribution in [1.29, 1.82) is 0 Å². The lowest BCUT2D eigenvalue weighted by Crippen LogP contribution is -2.27. The Balaban J connectivity index is 2.90. The maximum atomic E-state index is 5.67. The molecule has 2 N–H and O–H groups in total. The summed E-state index contributed by atoms with van der Waals surface area (Å²) in [6.45, 7) is 3.74. The molecule has 1 aromatic heterocycles. The van der Waals surface area contributed by atoms with Crippen LogP contribution in [0, 0.1) is 0 Å². The Morgan fingerprint density at radius 3 is 2.56 bits per heavy atom. The van der Waals surface area contributed by atoms with Gasteiger partial charge in [0.1, 0.15) is 0 Å². The van der Waals surface area contributed by atoms with E-state index in [-0.39, 0.29) is 0 Å². The zero-order chi connectivity index (χ0) is 6.91. The highest BCUT2D eigenvalue weighted by Gasteiger charge is 2.17. The molecule has 50 valence electrons. The van der Waals surface area contributed by atoms with E-state index in [1.807, 2.05) is 13.8 Å². The molecule has 0 bridgehead atoms. The summed E-state index contributed by atoms with van der Waals surface area (Å²) in [5.41, 5.74) is 5.26. The van der Waals surface area contributed by atoms with Crippen molar-refractivity contribution in [2.45, 2.75) is 19.4 Å². The van der Waals surface area contributed by atoms with Gasteiger partial charge in [0.2, 0.25) is 0 Å². The molecule has 0 aliphatic carbocycles. The van der Waals surface area contributed by atoms with Crippen LogP contribution in [0.3, 0.4) is 0 Å². The molecule has 0 saturated heterocycles. The number of rotatable bonds is 1. The summed E-state index contributed by atoms with van der Waals surface area (Å²) >= 11 is 0. The fourth-order valence-corrected chi connectivity index (χ4v) is 0.548. The molecule has 0 aliphatic heterocycles. The SMILES string of the molecule is CC(C)(N)c1ccno1. The van der Waals surface area contributed by atoms with Crippen molar-refractivity contribution in [2.24, 2.45) is 5.73 Å². The normalized spacial score (nSPS) is 11.9. The molecule has 3 nitrogen and oxygen atoms in total. The van der Waals surface area contributed by atoms with Crippen molar-refractivity contribution in [3.05, 3.63) is 18.0 Å². The second kappa shape index (κ2) is 1.84. The maximum absolute atomic E-state index is 5.67. The minimum atomic E-state index is -0.406. The number of nitrogens with two attached hydrogens (primary N) is 1. The van der Waals surface area contributed by atoms with Crippen LogP contribution in [-0.2, 0) is 5.54 Å². The van der Waals surface area contributed by atoms with E-state index in [1.165, 1.54) is 0 Å². The van der Waals surface area contributed by atoms with Crippen LogP contribution in [-0.4, -0.2) is 5.16 Å². The molecule has 1 heterocycles. The first-order valence-electron chi connectivity index (χ1n) is 2.81. The van der Waals surface area contributed by atoms with Gasteiger partial charge in [-0.15, -0.1) is 0 Å².